The number of amides is 1. The predicted molar refractivity (Wildman–Crippen MR) is 68.4 cm³/mol. The second-order valence-electron chi connectivity index (χ2n) is 4.67. The summed E-state index contributed by atoms with van der Waals surface area (Å²) in [4.78, 5) is 28.2. The molecule has 1 aliphatic heterocycles. The summed E-state index contributed by atoms with van der Waals surface area (Å²) in [5, 5.41) is 8.62. The Hall–Kier alpha value is -1.14. The lowest BCUT2D eigenvalue weighted by Gasteiger charge is -2.34. The average molecular weight is 257 g/mol. The zero-order chi connectivity index (χ0) is 13.5. The van der Waals surface area contributed by atoms with Gasteiger partial charge in [0.05, 0.1) is 13.0 Å². The molecular weight excluding hydrogens is 234 g/mol. The van der Waals surface area contributed by atoms with Crippen LogP contribution in [0.5, 0.6) is 0 Å². The van der Waals surface area contributed by atoms with Crippen molar-refractivity contribution >= 4 is 11.9 Å². The maximum atomic E-state index is 11.7. The number of likely N-dealkylation sites (N-methyl/N-ethyl adjacent to an activating group) is 1. The third kappa shape index (κ3) is 5.01. The molecule has 0 aromatic carbocycles. The van der Waals surface area contributed by atoms with Crippen LogP contribution in [0.2, 0.25) is 0 Å². The van der Waals surface area contributed by atoms with E-state index in [0.29, 0.717) is 13.1 Å². The van der Waals surface area contributed by atoms with Crippen LogP contribution in [0.15, 0.2) is 0 Å². The van der Waals surface area contributed by atoms with Gasteiger partial charge in [-0.05, 0) is 6.92 Å². The number of carboxylic acids is 1. The predicted octanol–water partition coefficient (Wildman–Crippen LogP) is -0.443. The Bertz CT molecular complexity index is 288. The van der Waals surface area contributed by atoms with Gasteiger partial charge in [-0.3, -0.25) is 14.5 Å². The number of hydrogen-bond donors (Lipinski definition) is 1. The van der Waals surface area contributed by atoms with Crippen LogP contribution in [-0.2, 0) is 9.59 Å². The van der Waals surface area contributed by atoms with E-state index in [9.17, 15) is 9.59 Å². The SMILES string of the molecule is CCN(C)C(=O)CN1CCN(CCC(=O)O)CC1. The summed E-state index contributed by atoms with van der Waals surface area (Å²) >= 11 is 0. The fraction of sp³-hybridized carbons (Fsp3) is 0.833. The van der Waals surface area contributed by atoms with Gasteiger partial charge in [-0.1, -0.05) is 0 Å². The van der Waals surface area contributed by atoms with Crippen LogP contribution in [0, 0.1) is 0 Å². The molecule has 1 N–H and O–H groups in total. The maximum Gasteiger partial charge on any atom is 0.304 e. The van der Waals surface area contributed by atoms with Crippen molar-refractivity contribution in [1.29, 1.82) is 0 Å². The molecule has 104 valence electrons. The number of piperazine rings is 1. The van der Waals surface area contributed by atoms with E-state index in [4.69, 9.17) is 5.11 Å². The highest BCUT2D eigenvalue weighted by Gasteiger charge is 2.20. The van der Waals surface area contributed by atoms with Crippen molar-refractivity contribution in [3.05, 3.63) is 0 Å². The first kappa shape index (κ1) is 14.9. The summed E-state index contributed by atoms with van der Waals surface area (Å²) in [6, 6.07) is 0. The molecule has 0 aromatic rings. The van der Waals surface area contributed by atoms with E-state index in [1.807, 2.05) is 14.0 Å². The standard InChI is InChI=1S/C12H23N3O3/c1-3-13(2)11(16)10-15-8-6-14(7-9-15)5-4-12(17)18/h3-10H2,1-2H3,(H,17,18). The van der Waals surface area contributed by atoms with Crippen LogP contribution in [0.1, 0.15) is 13.3 Å². The highest BCUT2D eigenvalue weighted by molar-refractivity contribution is 5.77. The quantitative estimate of drug-likeness (QED) is 0.699. The molecule has 0 aliphatic carbocycles. The molecule has 1 aliphatic rings. The van der Waals surface area contributed by atoms with Crippen molar-refractivity contribution in [1.82, 2.24) is 14.7 Å². The minimum atomic E-state index is -0.753. The van der Waals surface area contributed by atoms with E-state index >= 15 is 0 Å². The Morgan fingerprint density at radius 2 is 1.72 bits per heavy atom. The lowest BCUT2D eigenvalue weighted by molar-refractivity contribution is -0.137. The summed E-state index contributed by atoms with van der Waals surface area (Å²) < 4.78 is 0. The Morgan fingerprint density at radius 3 is 2.22 bits per heavy atom. The number of nitrogens with zero attached hydrogens (tertiary/aromatic N) is 3. The highest BCUT2D eigenvalue weighted by Crippen LogP contribution is 2.03. The van der Waals surface area contributed by atoms with E-state index in [1.165, 1.54) is 0 Å². The van der Waals surface area contributed by atoms with Crippen LogP contribution in [0.3, 0.4) is 0 Å². The Balaban J connectivity index is 2.23. The number of rotatable bonds is 6. The first-order valence-electron chi connectivity index (χ1n) is 6.43. The molecule has 6 heteroatoms. The second-order valence-corrected chi connectivity index (χ2v) is 4.67. The van der Waals surface area contributed by atoms with Crippen molar-refractivity contribution in [3.63, 3.8) is 0 Å². The van der Waals surface area contributed by atoms with Crippen LogP contribution in [0.4, 0.5) is 0 Å². The number of hydrogen-bond acceptors (Lipinski definition) is 4. The molecule has 0 bridgehead atoms. The molecule has 6 nitrogen and oxygen atoms in total. The van der Waals surface area contributed by atoms with Crippen molar-refractivity contribution in [2.75, 3.05) is 52.9 Å². The van der Waals surface area contributed by atoms with Crippen LogP contribution in [-0.4, -0.2) is 84.5 Å². The van der Waals surface area contributed by atoms with E-state index < -0.39 is 5.97 Å². The van der Waals surface area contributed by atoms with E-state index in [2.05, 4.69) is 9.80 Å². The van der Waals surface area contributed by atoms with Gasteiger partial charge in [0, 0.05) is 46.3 Å². The van der Waals surface area contributed by atoms with Gasteiger partial charge in [0.25, 0.3) is 0 Å². The minimum absolute atomic E-state index is 0.150. The van der Waals surface area contributed by atoms with Gasteiger partial charge < -0.3 is 14.9 Å². The molecule has 0 unspecified atom stereocenters. The van der Waals surface area contributed by atoms with E-state index in [0.717, 1.165) is 32.7 Å². The van der Waals surface area contributed by atoms with E-state index in [-0.39, 0.29) is 12.3 Å². The summed E-state index contributed by atoms with van der Waals surface area (Å²) in [6.07, 6.45) is 0.192. The zero-order valence-electron chi connectivity index (χ0n) is 11.3. The molecule has 1 saturated heterocycles. The van der Waals surface area contributed by atoms with Crippen LogP contribution < -0.4 is 0 Å². The van der Waals surface area contributed by atoms with Gasteiger partial charge in [0.2, 0.25) is 5.91 Å². The molecule has 18 heavy (non-hydrogen) atoms. The van der Waals surface area contributed by atoms with Gasteiger partial charge in [0.15, 0.2) is 0 Å². The van der Waals surface area contributed by atoms with Crippen molar-refractivity contribution in [3.8, 4) is 0 Å². The Morgan fingerprint density at radius 1 is 1.17 bits per heavy atom. The molecule has 1 rings (SSSR count). The van der Waals surface area contributed by atoms with E-state index in [1.54, 1.807) is 4.90 Å². The molecule has 0 aromatic heterocycles. The molecule has 0 saturated carbocycles. The molecule has 0 atom stereocenters. The maximum absolute atomic E-state index is 11.7. The largest absolute Gasteiger partial charge is 0.481 e. The van der Waals surface area contributed by atoms with Crippen molar-refractivity contribution in [2.45, 2.75) is 13.3 Å². The van der Waals surface area contributed by atoms with Gasteiger partial charge in [-0.2, -0.15) is 0 Å². The third-order valence-corrected chi connectivity index (χ3v) is 3.37. The number of carbonyl (C=O) groups is 2. The van der Waals surface area contributed by atoms with Crippen LogP contribution >= 0.6 is 0 Å². The fourth-order valence-electron chi connectivity index (χ4n) is 1.91. The first-order valence-corrected chi connectivity index (χ1v) is 6.43. The van der Waals surface area contributed by atoms with Gasteiger partial charge in [0.1, 0.15) is 0 Å². The number of carbonyl (C=O) groups excluding carboxylic acids is 1. The average Bonchev–Trinajstić information content (AvgIpc) is 2.36. The zero-order valence-corrected chi connectivity index (χ0v) is 11.3. The Kier molecular flexibility index (Phi) is 6.07. The lowest BCUT2D eigenvalue weighted by Crippen LogP contribution is -2.49. The topological polar surface area (TPSA) is 64.1 Å². The third-order valence-electron chi connectivity index (χ3n) is 3.37. The molecular formula is C12H23N3O3. The molecule has 0 spiro atoms. The number of aliphatic carboxylic acids is 1. The normalized spacial score (nSPS) is 17.7. The minimum Gasteiger partial charge on any atom is -0.481 e. The molecule has 0 radical (unpaired) electrons. The lowest BCUT2D eigenvalue weighted by atomic mass is 10.3. The summed E-state index contributed by atoms with van der Waals surface area (Å²) in [6.45, 7) is 7.13. The smallest absolute Gasteiger partial charge is 0.304 e. The number of carboxylic acid groups (broad SMARTS) is 1. The summed E-state index contributed by atoms with van der Waals surface area (Å²) in [5.74, 6) is -0.603. The highest BCUT2D eigenvalue weighted by atomic mass is 16.4. The second kappa shape index (κ2) is 7.33. The fourth-order valence-corrected chi connectivity index (χ4v) is 1.91. The monoisotopic (exact) mass is 257 g/mol. The van der Waals surface area contributed by atoms with Gasteiger partial charge in [-0.25, -0.2) is 0 Å². The van der Waals surface area contributed by atoms with Gasteiger partial charge >= 0.3 is 5.97 Å². The van der Waals surface area contributed by atoms with Crippen molar-refractivity contribution in [2.24, 2.45) is 0 Å². The van der Waals surface area contributed by atoms with Crippen LogP contribution in [0.25, 0.3) is 0 Å². The Labute approximate surface area is 108 Å². The van der Waals surface area contributed by atoms with Gasteiger partial charge in [-0.15, -0.1) is 0 Å². The molecule has 1 amide bonds. The first-order chi connectivity index (χ1) is 8.52. The molecule has 1 fully saturated rings. The summed E-state index contributed by atoms with van der Waals surface area (Å²) in [5.41, 5.74) is 0. The summed E-state index contributed by atoms with van der Waals surface area (Å²) in [7, 11) is 1.81. The van der Waals surface area contributed by atoms with Crippen molar-refractivity contribution < 1.29 is 14.7 Å². The molecule has 1 heterocycles.